The lowest BCUT2D eigenvalue weighted by atomic mass is 9.94. The van der Waals surface area contributed by atoms with Crippen LogP contribution in [-0.2, 0) is 6.42 Å². The minimum atomic E-state index is 0.329. The molecule has 5 heteroatoms. The normalized spacial score (nSPS) is 19.4. The van der Waals surface area contributed by atoms with Crippen LogP contribution in [0.15, 0.2) is 16.0 Å². The van der Waals surface area contributed by atoms with Gasteiger partial charge in [-0.15, -0.1) is 11.3 Å². The van der Waals surface area contributed by atoms with Gasteiger partial charge in [0.15, 0.2) is 5.82 Å². The number of thiophene rings is 1. The van der Waals surface area contributed by atoms with Crippen molar-refractivity contribution in [1.29, 1.82) is 0 Å². The van der Waals surface area contributed by atoms with Gasteiger partial charge in [0.25, 0.3) is 0 Å². The zero-order valence-corrected chi connectivity index (χ0v) is 9.88. The summed E-state index contributed by atoms with van der Waals surface area (Å²) in [6.07, 6.45) is 3.55. The van der Waals surface area contributed by atoms with E-state index in [9.17, 15) is 0 Å². The van der Waals surface area contributed by atoms with Crippen molar-refractivity contribution in [3.05, 3.63) is 27.7 Å². The number of anilines is 1. The Balaban J connectivity index is 1.82. The average molecular weight is 235 g/mol. The van der Waals surface area contributed by atoms with Crippen LogP contribution >= 0.6 is 11.3 Å². The summed E-state index contributed by atoms with van der Waals surface area (Å²) in [5.41, 5.74) is 1.40. The quantitative estimate of drug-likeness (QED) is 0.869. The van der Waals surface area contributed by atoms with Crippen LogP contribution in [0, 0.1) is 6.92 Å². The highest BCUT2D eigenvalue weighted by Crippen LogP contribution is 2.35. The lowest BCUT2D eigenvalue weighted by molar-refractivity contribution is 0.418. The first-order chi connectivity index (χ1) is 7.83. The first-order valence-corrected chi connectivity index (χ1v) is 6.34. The number of rotatable bonds is 2. The fourth-order valence-corrected chi connectivity index (χ4v) is 3.13. The molecule has 0 radical (unpaired) electrons. The van der Waals surface area contributed by atoms with E-state index < -0.39 is 0 Å². The molecule has 1 N–H and O–H groups in total. The maximum absolute atomic E-state index is 5.09. The molecule has 4 nitrogen and oxygen atoms in total. The molecule has 1 unspecified atom stereocenters. The molecule has 16 heavy (non-hydrogen) atoms. The van der Waals surface area contributed by atoms with Crippen LogP contribution in [0.25, 0.3) is 0 Å². The molecule has 2 aromatic heterocycles. The summed E-state index contributed by atoms with van der Waals surface area (Å²) in [6, 6.07) is 3.05. The second-order valence-electron chi connectivity index (χ2n) is 4.04. The first kappa shape index (κ1) is 9.84. The van der Waals surface area contributed by atoms with Crippen molar-refractivity contribution in [2.45, 2.75) is 32.2 Å². The van der Waals surface area contributed by atoms with Crippen LogP contribution in [-0.4, -0.2) is 10.1 Å². The number of nitrogens with one attached hydrogen (secondary N) is 1. The molecular weight excluding hydrogens is 222 g/mol. The molecule has 0 saturated carbocycles. The molecule has 0 amide bonds. The summed E-state index contributed by atoms with van der Waals surface area (Å²) >= 11 is 1.84. The SMILES string of the molecule is Cc1noc(NC2CCCc3sccc32)n1. The van der Waals surface area contributed by atoms with Gasteiger partial charge in [-0.3, -0.25) is 0 Å². The van der Waals surface area contributed by atoms with Gasteiger partial charge in [0.1, 0.15) is 0 Å². The van der Waals surface area contributed by atoms with E-state index in [1.54, 1.807) is 0 Å². The van der Waals surface area contributed by atoms with E-state index >= 15 is 0 Å². The maximum atomic E-state index is 5.09. The van der Waals surface area contributed by atoms with Crippen molar-refractivity contribution in [2.24, 2.45) is 0 Å². The Hall–Kier alpha value is -1.36. The molecule has 2 aromatic rings. The largest absolute Gasteiger partial charge is 0.331 e. The molecule has 1 aliphatic carbocycles. The van der Waals surface area contributed by atoms with Crippen molar-refractivity contribution in [1.82, 2.24) is 10.1 Å². The second-order valence-corrected chi connectivity index (χ2v) is 5.04. The minimum Gasteiger partial charge on any atom is -0.331 e. The smallest absolute Gasteiger partial charge is 0.321 e. The van der Waals surface area contributed by atoms with Gasteiger partial charge in [0.2, 0.25) is 0 Å². The monoisotopic (exact) mass is 235 g/mol. The molecule has 3 rings (SSSR count). The number of hydrogen-bond acceptors (Lipinski definition) is 5. The lowest BCUT2D eigenvalue weighted by Gasteiger charge is -2.22. The van der Waals surface area contributed by atoms with Gasteiger partial charge >= 0.3 is 6.01 Å². The summed E-state index contributed by atoms with van der Waals surface area (Å²) in [6.45, 7) is 1.82. The van der Waals surface area contributed by atoms with Crippen LogP contribution < -0.4 is 5.32 Å². The highest BCUT2D eigenvalue weighted by atomic mass is 32.1. The van der Waals surface area contributed by atoms with E-state index in [0.717, 1.165) is 6.42 Å². The van der Waals surface area contributed by atoms with E-state index in [1.165, 1.54) is 23.3 Å². The molecule has 1 aliphatic rings. The molecule has 0 saturated heterocycles. The Morgan fingerprint density at radius 2 is 2.50 bits per heavy atom. The van der Waals surface area contributed by atoms with E-state index in [0.29, 0.717) is 17.9 Å². The summed E-state index contributed by atoms with van der Waals surface area (Å²) in [4.78, 5) is 5.66. The molecule has 1 atom stereocenters. The summed E-state index contributed by atoms with van der Waals surface area (Å²) in [5, 5.41) is 9.25. The summed E-state index contributed by atoms with van der Waals surface area (Å²) in [7, 11) is 0. The number of fused-ring (bicyclic) bond motifs is 1. The minimum absolute atomic E-state index is 0.329. The summed E-state index contributed by atoms with van der Waals surface area (Å²) in [5.74, 6) is 0.670. The highest BCUT2D eigenvalue weighted by Gasteiger charge is 2.22. The zero-order valence-electron chi connectivity index (χ0n) is 9.06. The zero-order chi connectivity index (χ0) is 11.0. The Bertz CT molecular complexity index is 491. The Morgan fingerprint density at radius 3 is 3.31 bits per heavy atom. The van der Waals surface area contributed by atoms with Crippen LogP contribution in [0.4, 0.5) is 6.01 Å². The Morgan fingerprint density at radius 1 is 1.56 bits per heavy atom. The van der Waals surface area contributed by atoms with Gasteiger partial charge < -0.3 is 9.84 Å². The number of nitrogens with zero attached hydrogens (tertiary/aromatic N) is 2. The lowest BCUT2D eigenvalue weighted by Crippen LogP contribution is -2.15. The molecule has 84 valence electrons. The van der Waals surface area contributed by atoms with E-state index in [2.05, 4.69) is 26.9 Å². The topological polar surface area (TPSA) is 51.0 Å². The molecule has 0 aromatic carbocycles. The maximum Gasteiger partial charge on any atom is 0.321 e. The van der Waals surface area contributed by atoms with Crippen LogP contribution in [0.2, 0.25) is 0 Å². The molecule has 0 bridgehead atoms. The molecule has 0 spiro atoms. The van der Waals surface area contributed by atoms with Crippen LogP contribution in [0.1, 0.15) is 35.1 Å². The predicted octanol–water partition coefficient (Wildman–Crippen LogP) is 2.93. The standard InChI is InChI=1S/C11H13N3OS/c1-7-12-11(15-14-7)13-9-3-2-4-10-8(9)5-6-16-10/h5-6,9H,2-4H2,1H3,(H,12,13,14). The van der Waals surface area contributed by atoms with Gasteiger partial charge in [-0.2, -0.15) is 4.98 Å². The van der Waals surface area contributed by atoms with Crippen molar-refractivity contribution in [2.75, 3.05) is 5.32 Å². The van der Waals surface area contributed by atoms with Gasteiger partial charge in [0, 0.05) is 4.88 Å². The third kappa shape index (κ3) is 1.71. The number of aryl methyl sites for hydroxylation is 2. The van der Waals surface area contributed by atoms with Crippen LogP contribution in [0.3, 0.4) is 0 Å². The van der Waals surface area contributed by atoms with Gasteiger partial charge in [-0.25, -0.2) is 0 Å². The van der Waals surface area contributed by atoms with E-state index in [4.69, 9.17) is 4.52 Å². The molecule has 2 heterocycles. The fraction of sp³-hybridized carbons (Fsp3) is 0.455. The van der Waals surface area contributed by atoms with Crippen molar-refractivity contribution < 1.29 is 4.52 Å². The van der Waals surface area contributed by atoms with Crippen molar-refractivity contribution >= 4 is 17.4 Å². The second kappa shape index (κ2) is 3.90. The average Bonchev–Trinajstić information content (AvgIpc) is 2.87. The van der Waals surface area contributed by atoms with Gasteiger partial charge in [-0.1, -0.05) is 5.16 Å². The Labute approximate surface area is 97.7 Å². The molecular formula is C11H13N3OS. The third-order valence-corrected chi connectivity index (χ3v) is 3.87. The predicted molar refractivity (Wildman–Crippen MR) is 62.7 cm³/mol. The Kier molecular flexibility index (Phi) is 2.40. The first-order valence-electron chi connectivity index (χ1n) is 5.46. The molecule has 0 aliphatic heterocycles. The van der Waals surface area contributed by atoms with E-state index in [1.807, 2.05) is 18.3 Å². The van der Waals surface area contributed by atoms with Crippen LogP contribution in [0.5, 0.6) is 0 Å². The van der Waals surface area contributed by atoms with Crippen molar-refractivity contribution in [3.8, 4) is 0 Å². The fourth-order valence-electron chi connectivity index (χ4n) is 2.14. The number of hydrogen-bond donors (Lipinski definition) is 1. The third-order valence-electron chi connectivity index (χ3n) is 2.88. The van der Waals surface area contributed by atoms with E-state index in [-0.39, 0.29) is 0 Å². The highest BCUT2D eigenvalue weighted by molar-refractivity contribution is 7.10. The number of aromatic nitrogens is 2. The van der Waals surface area contributed by atoms with Gasteiger partial charge in [0.05, 0.1) is 6.04 Å². The van der Waals surface area contributed by atoms with Gasteiger partial charge in [-0.05, 0) is 43.2 Å². The summed E-state index contributed by atoms with van der Waals surface area (Å²) < 4.78 is 5.09. The molecule has 0 fully saturated rings. The van der Waals surface area contributed by atoms with Crippen molar-refractivity contribution in [3.63, 3.8) is 0 Å².